The summed E-state index contributed by atoms with van der Waals surface area (Å²) in [6, 6.07) is 6.27. The lowest BCUT2D eigenvalue weighted by Gasteiger charge is -2.40. The van der Waals surface area contributed by atoms with Crippen LogP contribution in [0.5, 0.6) is 0 Å². The maximum atomic E-state index is 10.6. The molecule has 0 bridgehead atoms. The Labute approximate surface area is 305 Å². The Morgan fingerprint density at radius 2 is 1.64 bits per heavy atom. The van der Waals surface area contributed by atoms with Gasteiger partial charge >= 0.3 is 0 Å². The summed E-state index contributed by atoms with van der Waals surface area (Å²) in [5.74, 6) is 3.60. The average molecular weight is 735 g/mol. The molecule has 284 valence electrons. The zero-order chi connectivity index (χ0) is 36.6. The lowest BCUT2D eigenvalue weighted by atomic mass is 9.89. The van der Waals surface area contributed by atoms with Gasteiger partial charge in [0.15, 0.2) is 20.9 Å². The maximum absolute atomic E-state index is 10.6. The molecule has 1 saturated carbocycles. The van der Waals surface area contributed by atoms with E-state index in [9.17, 15) is 8.42 Å². The van der Waals surface area contributed by atoms with Crippen LogP contribution in [-0.2, 0) is 33.5 Å². The highest BCUT2D eigenvalue weighted by Gasteiger charge is 2.48. The van der Waals surface area contributed by atoms with Crippen LogP contribution in [0.3, 0.4) is 0 Å². The summed E-state index contributed by atoms with van der Waals surface area (Å²) in [7, 11) is -5.95. The molecule has 0 radical (unpaired) electrons. The highest BCUT2D eigenvalue weighted by atomic mass is 32.2. The zero-order valence-corrected chi connectivity index (χ0v) is 33.6. The van der Waals surface area contributed by atoms with E-state index in [1.807, 2.05) is 0 Å². The van der Waals surface area contributed by atoms with Gasteiger partial charge in [0, 0.05) is 32.2 Å². The van der Waals surface area contributed by atoms with Crippen LogP contribution in [-0.4, -0.2) is 65.9 Å². The van der Waals surface area contributed by atoms with Gasteiger partial charge in [-0.05, 0) is 113 Å². The Bertz CT molecular complexity index is 1290. The fraction of sp³-hybridized carbons (Fsp3) is 0.750. The molecule has 8 nitrogen and oxygen atoms in total. The molecule has 10 heteroatoms. The van der Waals surface area contributed by atoms with E-state index < -0.39 is 18.4 Å². The highest BCUT2D eigenvalue weighted by molar-refractivity contribution is 7.85. The third-order valence-electron chi connectivity index (χ3n) is 10.6. The number of ether oxygens (including phenoxy) is 4. The predicted octanol–water partition coefficient (Wildman–Crippen LogP) is 9.63. The summed E-state index contributed by atoms with van der Waals surface area (Å²) in [6.45, 7) is 15.8. The number of hydrogen-bond donors (Lipinski definition) is 1. The second-order valence-corrected chi connectivity index (χ2v) is 21.8. The number of hydrogen-bond acceptors (Lipinski definition) is 7. The Hall–Kier alpha value is -1.55. The standard InChI is InChI=1S/C33H58O5Si.C7H8O3S/c1-7-8-19-28-27(20-13-11-9-10-12-16-23-34-31-21-14-17-24-35-31)29(37-32-22-15-18-25-36-32)26-30(28)38-39(5,6)33(2,3)4;1-6-4-2-3-5-7(6)11(8,9)10/h1,13,20,27-32H,8-12,14-19,21-26H2,2-6H3;2-5H,1H3,(H,8,9,10)/b20-13+;/t27-,28-,29-,30+,31?,32?;/m1./s1. The molecule has 2 unspecified atom stereocenters. The van der Waals surface area contributed by atoms with Gasteiger partial charge in [0.25, 0.3) is 10.1 Å². The van der Waals surface area contributed by atoms with Crippen molar-refractivity contribution in [1.82, 2.24) is 0 Å². The summed E-state index contributed by atoms with van der Waals surface area (Å²) in [4.78, 5) is -0.0278. The van der Waals surface area contributed by atoms with Crippen LogP contribution in [0.2, 0.25) is 18.1 Å². The first-order valence-electron chi connectivity index (χ1n) is 19.0. The fourth-order valence-corrected chi connectivity index (χ4v) is 8.81. The number of allylic oxidation sites excluding steroid dienone is 1. The van der Waals surface area contributed by atoms with Crippen molar-refractivity contribution in [3.8, 4) is 12.3 Å². The molecule has 0 spiro atoms. The van der Waals surface area contributed by atoms with E-state index in [0.29, 0.717) is 17.4 Å². The topological polar surface area (TPSA) is 101 Å². The van der Waals surface area contributed by atoms with Crippen molar-refractivity contribution in [3.05, 3.63) is 42.0 Å². The highest BCUT2D eigenvalue weighted by Crippen LogP contribution is 2.46. The van der Waals surface area contributed by atoms with Gasteiger partial charge in [-0.1, -0.05) is 64.0 Å². The van der Waals surface area contributed by atoms with Crippen molar-refractivity contribution < 1.29 is 36.3 Å². The van der Waals surface area contributed by atoms with E-state index >= 15 is 0 Å². The van der Waals surface area contributed by atoms with Crippen LogP contribution < -0.4 is 0 Å². The number of benzene rings is 1. The molecular formula is C40H66O8SSi. The minimum atomic E-state index is -4.03. The van der Waals surface area contributed by atoms with Crippen LogP contribution in [0.4, 0.5) is 0 Å². The van der Waals surface area contributed by atoms with E-state index in [-0.39, 0.29) is 34.7 Å². The van der Waals surface area contributed by atoms with Gasteiger partial charge in [0.1, 0.15) is 0 Å². The molecule has 1 aromatic rings. The van der Waals surface area contributed by atoms with Gasteiger partial charge in [0.2, 0.25) is 0 Å². The Morgan fingerprint density at radius 3 is 2.22 bits per heavy atom. The van der Waals surface area contributed by atoms with Crippen LogP contribution >= 0.6 is 0 Å². The average Bonchev–Trinajstić information content (AvgIpc) is 3.37. The third kappa shape index (κ3) is 14.5. The summed E-state index contributed by atoms with van der Waals surface area (Å²) in [6.07, 6.45) is 26.2. The number of aryl methyl sites for hydroxylation is 1. The largest absolute Gasteiger partial charge is 0.414 e. The van der Waals surface area contributed by atoms with E-state index in [1.165, 1.54) is 44.6 Å². The molecule has 6 atom stereocenters. The van der Waals surface area contributed by atoms with E-state index in [0.717, 1.165) is 71.2 Å². The lowest BCUT2D eigenvalue weighted by Crippen LogP contribution is -2.45. The number of terminal acetylenes is 1. The molecule has 2 saturated heterocycles. The second-order valence-electron chi connectivity index (χ2n) is 15.6. The van der Waals surface area contributed by atoms with Crippen molar-refractivity contribution >= 4 is 18.4 Å². The minimum absolute atomic E-state index is 0.0278. The van der Waals surface area contributed by atoms with Gasteiger partial charge in [-0.25, -0.2) is 0 Å². The van der Waals surface area contributed by atoms with Crippen LogP contribution in [0.15, 0.2) is 41.3 Å². The summed E-state index contributed by atoms with van der Waals surface area (Å²) in [5, 5.41) is 0.175. The molecule has 3 fully saturated rings. The van der Waals surface area contributed by atoms with Crippen molar-refractivity contribution in [3.63, 3.8) is 0 Å². The maximum Gasteiger partial charge on any atom is 0.294 e. The van der Waals surface area contributed by atoms with Gasteiger partial charge in [-0.2, -0.15) is 8.42 Å². The lowest BCUT2D eigenvalue weighted by molar-refractivity contribution is -0.193. The summed E-state index contributed by atoms with van der Waals surface area (Å²) >= 11 is 0. The van der Waals surface area contributed by atoms with E-state index in [4.69, 9.17) is 34.3 Å². The van der Waals surface area contributed by atoms with Crippen LogP contribution in [0.1, 0.15) is 116 Å². The Morgan fingerprint density at radius 1 is 0.980 bits per heavy atom. The molecule has 0 amide bonds. The zero-order valence-electron chi connectivity index (χ0n) is 31.7. The molecule has 50 heavy (non-hydrogen) atoms. The van der Waals surface area contributed by atoms with Crippen molar-refractivity contribution in [2.75, 3.05) is 19.8 Å². The normalized spacial score (nSPS) is 26.4. The molecule has 3 aliphatic rings. The van der Waals surface area contributed by atoms with Crippen molar-refractivity contribution in [2.24, 2.45) is 11.8 Å². The Kier molecular flexibility index (Phi) is 18.2. The second kappa shape index (κ2) is 21.2. The monoisotopic (exact) mass is 734 g/mol. The quantitative estimate of drug-likeness (QED) is 0.0590. The van der Waals surface area contributed by atoms with Gasteiger partial charge < -0.3 is 23.4 Å². The summed E-state index contributed by atoms with van der Waals surface area (Å²) in [5.41, 5.74) is 0.551. The molecule has 1 N–H and O–H groups in total. The first kappa shape index (κ1) is 42.9. The number of unbranched alkanes of at least 4 members (excludes halogenated alkanes) is 4. The molecule has 0 aromatic heterocycles. The van der Waals surface area contributed by atoms with E-state index in [2.05, 4.69) is 51.9 Å². The van der Waals surface area contributed by atoms with Crippen LogP contribution in [0, 0.1) is 31.1 Å². The van der Waals surface area contributed by atoms with Gasteiger partial charge in [-0.3, -0.25) is 4.55 Å². The third-order valence-corrected chi connectivity index (χ3v) is 16.2. The van der Waals surface area contributed by atoms with Crippen LogP contribution in [0.25, 0.3) is 0 Å². The molecule has 1 aliphatic carbocycles. The molecule has 2 heterocycles. The van der Waals surface area contributed by atoms with E-state index in [1.54, 1.807) is 25.1 Å². The first-order chi connectivity index (χ1) is 23.7. The molecule has 2 aliphatic heterocycles. The molecule has 4 rings (SSSR count). The molecule has 1 aromatic carbocycles. The summed E-state index contributed by atoms with van der Waals surface area (Å²) < 4.78 is 61.1. The Balaban J connectivity index is 0.000000521. The first-order valence-corrected chi connectivity index (χ1v) is 23.4. The fourth-order valence-electron chi connectivity index (χ4n) is 6.70. The SMILES string of the molecule is C#CCC[C@@H]1[C@@H](/C=C/CCCCCCOC2CCCCO2)[C@H](OC2CCCCO2)C[C@@H]1O[Si](C)(C)C(C)(C)C.Cc1ccccc1S(=O)(=O)O. The molecular weight excluding hydrogens is 669 g/mol. The predicted molar refractivity (Wildman–Crippen MR) is 203 cm³/mol. The van der Waals surface area contributed by atoms with Crippen molar-refractivity contribution in [2.45, 2.75) is 165 Å². The number of rotatable bonds is 16. The van der Waals surface area contributed by atoms with Crippen molar-refractivity contribution in [1.29, 1.82) is 0 Å². The smallest absolute Gasteiger partial charge is 0.294 e. The van der Waals surface area contributed by atoms with Gasteiger partial charge in [0.05, 0.1) is 17.1 Å². The van der Waals surface area contributed by atoms with Gasteiger partial charge in [-0.15, -0.1) is 12.3 Å². The minimum Gasteiger partial charge on any atom is -0.414 e.